The van der Waals surface area contributed by atoms with E-state index in [9.17, 15) is 9.36 Å². The fourth-order valence-corrected chi connectivity index (χ4v) is 7.42. The Morgan fingerprint density at radius 2 is 1.73 bits per heavy atom. The number of pyridine rings is 1. The lowest BCUT2D eigenvalue weighted by molar-refractivity contribution is -0.696. The molecule has 1 atom stereocenters. The monoisotopic (exact) mass is 642 g/mol. The summed E-state index contributed by atoms with van der Waals surface area (Å²) in [6.07, 6.45) is 14.4. The normalized spacial score (nSPS) is 14.0. The van der Waals surface area contributed by atoms with Crippen molar-refractivity contribution in [3.8, 4) is 0 Å². The molecule has 0 saturated heterocycles. The quantitative estimate of drug-likeness (QED) is 0.0951. The van der Waals surface area contributed by atoms with E-state index in [1.165, 1.54) is 16.8 Å². The van der Waals surface area contributed by atoms with E-state index in [-0.39, 0.29) is 19.4 Å². The summed E-state index contributed by atoms with van der Waals surface area (Å²) in [6, 6.07) is 11.1. The minimum atomic E-state index is -2.99. The second kappa shape index (κ2) is 20.6. The molecule has 1 N–H and O–H groups in total. The summed E-state index contributed by atoms with van der Waals surface area (Å²) in [5.74, 6) is 0.146. The molecule has 252 valence electrons. The van der Waals surface area contributed by atoms with Gasteiger partial charge in [-0.15, -0.1) is 0 Å². The van der Waals surface area contributed by atoms with Crippen LogP contribution in [-0.4, -0.2) is 68.9 Å². The topological polar surface area (TPSA) is 75.0 Å². The van der Waals surface area contributed by atoms with Crippen LogP contribution >= 0.6 is 7.60 Å². The summed E-state index contributed by atoms with van der Waals surface area (Å²) in [7, 11) is -2.99. The average molecular weight is 643 g/mol. The number of hydrogen-bond donors (Lipinski definition) is 1. The van der Waals surface area contributed by atoms with Gasteiger partial charge >= 0.3 is 7.60 Å². The molecule has 1 aliphatic rings. The highest BCUT2D eigenvalue weighted by Crippen LogP contribution is 2.48. The van der Waals surface area contributed by atoms with Gasteiger partial charge in [0.15, 0.2) is 12.4 Å². The van der Waals surface area contributed by atoms with E-state index in [4.69, 9.17) is 9.05 Å². The summed E-state index contributed by atoms with van der Waals surface area (Å²) >= 11 is 0. The van der Waals surface area contributed by atoms with Crippen molar-refractivity contribution >= 4 is 31.3 Å². The van der Waals surface area contributed by atoms with E-state index in [1.54, 1.807) is 0 Å². The molecular formula is C36H59N4O4P. The molecule has 45 heavy (non-hydrogen) atoms. The van der Waals surface area contributed by atoms with Crippen molar-refractivity contribution in [2.75, 3.05) is 57.0 Å². The molecule has 1 aromatic heterocycles. The first-order valence-electron chi connectivity index (χ1n) is 16.7. The second-order valence-corrected chi connectivity index (χ2v) is 13.8. The molecule has 1 unspecified atom stereocenters. The fourth-order valence-electron chi connectivity index (χ4n) is 5.78. The van der Waals surface area contributed by atoms with Crippen molar-refractivity contribution in [2.24, 2.45) is 0 Å². The van der Waals surface area contributed by atoms with Crippen LogP contribution in [0.4, 0.5) is 5.69 Å². The highest BCUT2D eigenvalue weighted by Gasteiger charge is 2.23. The van der Waals surface area contributed by atoms with Crippen LogP contribution < -0.4 is 14.8 Å². The maximum absolute atomic E-state index is 12.7. The van der Waals surface area contributed by atoms with Gasteiger partial charge in [0.25, 0.3) is 0 Å². The van der Waals surface area contributed by atoms with Crippen LogP contribution in [0.2, 0.25) is 0 Å². The molecule has 0 radical (unpaired) electrons. The molecule has 0 fully saturated rings. The summed E-state index contributed by atoms with van der Waals surface area (Å²) < 4.78 is 25.5. The molecule has 0 bridgehead atoms. The first kappa shape index (κ1) is 38.7. The SMILES string of the molecule is CCOP(=O)(CCC[n+]1ccc(C=Cc2ccc3c(c2)CCCN3CCC(=O)NC(C)CCCN(CC)CC)cc1)OCC.[CH3-]. The first-order valence-corrected chi connectivity index (χ1v) is 18.5. The van der Waals surface area contributed by atoms with Crippen molar-refractivity contribution in [2.45, 2.75) is 85.7 Å². The Bertz CT molecular complexity index is 1210. The highest BCUT2D eigenvalue weighted by atomic mass is 31.2. The Kier molecular flexibility index (Phi) is 17.7. The lowest BCUT2D eigenvalue weighted by atomic mass is 9.98. The minimum Gasteiger partial charge on any atom is -0.371 e. The molecule has 2 heterocycles. The molecular weight excluding hydrogens is 583 g/mol. The number of aryl methyl sites for hydroxylation is 2. The number of carbonyl (C=O) groups excluding carboxylic acids is 1. The lowest BCUT2D eigenvalue weighted by Crippen LogP contribution is -2.37. The Morgan fingerprint density at radius 1 is 1.04 bits per heavy atom. The standard InChI is InChI=1S/C35H55N4O4P.CH3/c1-6-37(7-2)22-10-13-30(5)36-35(40)21-27-39-24-11-14-33-29-32(17-18-34(33)39)16-15-31-19-25-38(26-20-31)23-12-28-44(41,42-8-3)43-9-4;/h15-20,25-26,29-30H,6-14,21-24,27-28H2,1-5H3;1H3/q;-1/p+1. The maximum atomic E-state index is 12.7. The molecule has 1 aliphatic heterocycles. The number of nitrogens with one attached hydrogen (secondary N) is 1. The average Bonchev–Trinajstić information content (AvgIpc) is 3.01. The van der Waals surface area contributed by atoms with Gasteiger partial charge in [0.2, 0.25) is 5.91 Å². The van der Waals surface area contributed by atoms with Crippen LogP contribution in [0.5, 0.6) is 0 Å². The number of carbonyl (C=O) groups is 1. The molecule has 0 saturated carbocycles. The smallest absolute Gasteiger partial charge is 0.330 e. The maximum Gasteiger partial charge on any atom is 0.330 e. The van der Waals surface area contributed by atoms with Gasteiger partial charge in [-0.1, -0.05) is 32.1 Å². The van der Waals surface area contributed by atoms with Crippen molar-refractivity contribution < 1.29 is 23.0 Å². The number of fused-ring (bicyclic) bond motifs is 1. The van der Waals surface area contributed by atoms with Crippen molar-refractivity contribution in [3.63, 3.8) is 0 Å². The van der Waals surface area contributed by atoms with Crippen LogP contribution in [0.1, 0.15) is 83.4 Å². The highest BCUT2D eigenvalue weighted by molar-refractivity contribution is 7.53. The molecule has 1 aromatic carbocycles. The van der Waals surface area contributed by atoms with Crippen LogP contribution in [0, 0.1) is 7.43 Å². The number of amides is 1. The third kappa shape index (κ3) is 13.4. The number of benzene rings is 1. The zero-order valence-corrected chi connectivity index (χ0v) is 29.7. The van der Waals surface area contributed by atoms with Crippen molar-refractivity contribution in [1.82, 2.24) is 10.2 Å². The van der Waals surface area contributed by atoms with E-state index in [0.29, 0.717) is 25.8 Å². The van der Waals surface area contributed by atoms with Gasteiger partial charge in [-0.3, -0.25) is 9.36 Å². The van der Waals surface area contributed by atoms with Crippen molar-refractivity contribution in [3.05, 3.63) is 66.8 Å². The second-order valence-electron chi connectivity index (χ2n) is 11.6. The van der Waals surface area contributed by atoms with Crippen molar-refractivity contribution in [1.29, 1.82) is 0 Å². The molecule has 9 heteroatoms. The van der Waals surface area contributed by atoms with Gasteiger partial charge in [0.1, 0.15) is 6.54 Å². The Labute approximate surface area is 273 Å². The predicted molar refractivity (Wildman–Crippen MR) is 189 cm³/mol. The largest absolute Gasteiger partial charge is 0.371 e. The molecule has 0 spiro atoms. The van der Waals surface area contributed by atoms with Crippen LogP contribution in [0.25, 0.3) is 12.2 Å². The van der Waals surface area contributed by atoms with Gasteiger partial charge in [-0.05, 0) is 94.9 Å². The van der Waals surface area contributed by atoms with Crippen LogP contribution in [0.15, 0.2) is 42.7 Å². The zero-order valence-electron chi connectivity index (χ0n) is 28.8. The molecule has 3 rings (SSSR count). The summed E-state index contributed by atoms with van der Waals surface area (Å²) in [5.41, 5.74) is 4.92. The number of anilines is 1. The lowest BCUT2D eigenvalue weighted by Gasteiger charge is -2.31. The van der Waals surface area contributed by atoms with Gasteiger partial charge in [0, 0.05) is 49.8 Å². The van der Waals surface area contributed by atoms with E-state index in [0.717, 1.165) is 76.9 Å². The Hall–Kier alpha value is -2.51. The number of nitrogens with zero attached hydrogens (tertiary/aromatic N) is 3. The fraction of sp³-hybridized carbons (Fsp3) is 0.583. The zero-order chi connectivity index (χ0) is 31.8. The summed E-state index contributed by atoms with van der Waals surface area (Å²) in [4.78, 5) is 17.5. The Balaban J connectivity index is 0.00000705. The van der Waals surface area contributed by atoms with E-state index < -0.39 is 7.60 Å². The number of rotatable bonds is 20. The van der Waals surface area contributed by atoms with E-state index in [1.807, 2.05) is 13.8 Å². The van der Waals surface area contributed by atoms with E-state index in [2.05, 4.69) is 95.3 Å². The van der Waals surface area contributed by atoms with Gasteiger partial charge in [0.05, 0.1) is 19.4 Å². The molecule has 2 aromatic rings. The predicted octanol–water partition coefficient (Wildman–Crippen LogP) is 7.02. The molecule has 8 nitrogen and oxygen atoms in total. The molecule has 1 amide bonds. The third-order valence-electron chi connectivity index (χ3n) is 8.23. The van der Waals surface area contributed by atoms with Gasteiger partial charge in [-0.25, -0.2) is 4.57 Å². The summed E-state index contributed by atoms with van der Waals surface area (Å²) in [6.45, 7) is 16.7. The van der Waals surface area contributed by atoms with Gasteiger partial charge < -0.3 is 31.6 Å². The van der Waals surface area contributed by atoms with Gasteiger partial charge in [-0.2, -0.15) is 0 Å². The van der Waals surface area contributed by atoms with Crippen LogP contribution in [0.3, 0.4) is 0 Å². The van der Waals surface area contributed by atoms with Crippen LogP contribution in [-0.2, 0) is 31.4 Å². The van der Waals surface area contributed by atoms with E-state index >= 15 is 0 Å². The third-order valence-corrected chi connectivity index (χ3v) is 10.4. The number of aromatic nitrogens is 1. The first-order chi connectivity index (χ1) is 21.3. The Morgan fingerprint density at radius 3 is 2.40 bits per heavy atom. The minimum absolute atomic E-state index is 0. The number of hydrogen-bond acceptors (Lipinski definition) is 6. The molecule has 0 aliphatic carbocycles. The summed E-state index contributed by atoms with van der Waals surface area (Å²) in [5, 5.41) is 3.21.